The molecule has 0 atom stereocenters. The summed E-state index contributed by atoms with van der Waals surface area (Å²) in [5.41, 5.74) is 3.33. The second-order valence-electron chi connectivity index (χ2n) is 5.25. The van der Waals surface area contributed by atoms with Gasteiger partial charge in [0.1, 0.15) is 0 Å². The number of benzene rings is 1. The Kier molecular flexibility index (Phi) is 2.93. The van der Waals surface area contributed by atoms with Crippen LogP contribution in [0, 0.1) is 11.8 Å². The fourth-order valence-electron chi connectivity index (χ4n) is 2.47. The molecular weight excluding hydrogens is 277 g/mol. The summed E-state index contributed by atoms with van der Waals surface area (Å²) in [6, 6.07) is 6.88. The molecule has 0 saturated heterocycles. The second kappa shape index (κ2) is 4.43. The third-order valence-corrected chi connectivity index (χ3v) is 4.90. The fourth-order valence-corrected chi connectivity index (χ4v) is 3.62. The summed E-state index contributed by atoms with van der Waals surface area (Å²) in [5, 5.41) is 3.62. The Balaban J connectivity index is 1.68. The van der Waals surface area contributed by atoms with E-state index in [1.807, 2.05) is 0 Å². The van der Waals surface area contributed by atoms with Gasteiger partial charge in [-0.2, -0.15) is 0 Å². The topological polar surface area (TPSA) is 36.8 Å². The normalized spacial score (nSPS) is 25.4. The first-order valence-corrected chi connectivity index (χ1v) is 7.75. The van der Waals surface area contributed by atoms with Crippen LogP contribution in [0.25, 0.3) is 0 Å². The number of anilines is 1. The van der Waals surface area contributed by atoms with E-state index in [0.29, 0.717) is 6.04 Å². The molecule has 0 amide bonds. The molecule has 3 nitrogen and oxygen atoms in total. The number of fused-ring (bicyclic) bond motifs is 1. The molecule has 0 radical (unpaired) electrons. The molecule has 2 aliphatic rings. The molecule has 4 heteroatoms. The number of rotatable bonds is 3. The van der Waals surface area contributed by atoms with E-state index in [4.69, 9.17) is 0 Å². The van der Waals surface area contributed by atoms with E-state index in [9.17, 15) is 0 Å². The van der Waals surface area contributed by atoms with Crippen LogP contribution in [0.1, 0.15) is 26.7 Å². The van der Waals surface area contributed by atoms with Crippen LogP contribution in [-0.4, -0.2) is 20.6 Å². The van der Waals surface area contributed by atoms with Crippen LogP contribution >= 0.6 is 0 Å². The van der Waals surface area contributed by atoms with Crippen molar-refractivity contribution in [2.75, 3.05) is 5.32 Å². The SMILES string of the molecule is CC(C)C1CC(Nc2cccc3c2N=[Se]=N3)C1. The summed E-state index contributed by atoms with van der Waals surface area (Å²) in [6.07, 6.45) is 2.59. The average molecular weight is 294 g/mol. The Bertz CT molecular complexity index is 497. The summed E-state index contributed by atoms with van der Waals surface area (Å²) in [7, 11) is 0. The summed E-state index contributed by atoms with van der Waals surface area (Å²) >= 11 is 0.0696. The molecule has 0 bridgehead atoms. The van der Waals surface area contributed by atoms with Crippen LogP contribution in [0.2, 0.25) is 0 Å². The van der Waals surface area contributed by atoms with E-state index >= 15 is 0 Å². The first kappa shape index (κ1) is 11.2. The Morgan fingerprint density at radius 2 is 2.12 bits per heavy atom. The number of hydrogen-bond donors (Lipinski definition) is 1. The fraction of sp³-hybridized carbons (Fsp3) is 0.538. The molecule has 1 N–H and O–H groups in total. The molecule has 17 heavy (non-hydrogen) atoms. The zero-order valence-electron chi connectivity index (χ0n) is 10.2. The molecule has 1 saturated carbocycles. The quantitative estimate of drug-likeness (QED) is 0.857. The predicted molar refractivity (Wildman–Crippen MR) is 71.3 cm³/mol. The Morgan fingerprint density at radius 3 is 2.88 bits per heavy atom. The first-order valence-electron chi connectivity index (χ1n) is 6.22. The number of nitrogens with zero attached hydrogens (tertiary/aromatic N) is 2. The van der Waals surface area contributed by atoms with Gasteiger partial charge in [-0.05, 0) is 0 Å². The van der Waals surface area contributed by atoms with Gasteiger partial charge in [0.2, 0.25) is 0 Å². The van der Waals surface area contributed by atoms with Crippen LogP contribution in [0.3, 0.4) is 0 Å². The van der Waals surface area contributed by atoms with Crippen LogP contribution in [0.15, 0.2) is 26.1 Å². The van der Waals surface area contributed by atoms with Gasteiger partial charge in [-0.15, -0.1) is 0 Å². The van der Waals surface area contributed by atoms with Gasteiger partial charge in [-0.1, -0.05) is 0 Å². The first-order chi connectivity index (χ1) is 8.24. The molecule has 3 rings (SSSR count). The van der Waals surface area contributed by atoms with Crippen LogP contribution < -0.4 is 5.32 Å². The summed E-state index contributed by atoms with van der Waals surface area (Å²) in [4.78, 5) is 0. The maximum atomic E-state index is 4.50. The Morgan fingerprint density at radius 1 is 1.29 bits per heavy atom. The van der Waals surface area contributed by atoms with Gasteiger partial charge in [-0.3, -0.25) is 0 Å². The molecule has 90 valence electrons. The second-order valence-corrected chi connectivity index (χ2v) is 6.36. The van der Waals surface area contributed by atoms with Crippen molar-refractivity contribution in [2.45, 2.75) is 32.7 Å². The summed E-state index contributed by atoms with van der Waals surface area (Å²) < 4.78 is 8.91. The van der Waals surface area contributed by atoms with Gasteiger partial charge in [0, 0.05) is 0 Å². The van der Waals surface area contributed by atoms with E-state index in [2.05, 4.69) is 45.3 Å². The summed E-state index contributed by atoms with van der Waals surface area (Å²) in [5.74, 6) is 1.72. The third-order valence-electron chi connectivity index (χ3n) is 3.76. The molecule has 0 spiro atoms. The van der Waals surface area contributed by atoms with Crippen molar-refractivity contribution in [1.29, 1.82) is 0 Å². The predicted octanol–water partition coefficient (Wildman–Crippen LogP) is 3.88. The minimum absolute atomic E-state index is 0.0696. The van der Waals surface area contributed by atoms with Gasteiger partial charge in [0.15, 0.2) is 0 Å². The zero-order valence-corrected chi connectivity index (χ0v) is 11.9. The molecule has 1 aliphatic heterocycles. The van der Waals surface area contributed by atoms with Gasteiger partial charge >= 0.3 is 108 Å². The molecule has 1 heterocycles. The van der Waals surface area contributed by atoms with Gasteiger partial charge in [-0.25, -0.2) is 0 Å². The molecule has 0 unspecified atom stereocenters. The van der Waals surface area contributed by atoms with Crippen molar-refractivity contribution in [1.82, 2.24) is 0 Å². The average Bonchev–Trinajstić information content (AvgIpc) is 2.70. The summed E-state index contributed by atoms with van der Waals surface area (Å²) in [6.45, 7) is 4.63. The Labute approximate surface area is 108 Å². The van der Waals surface area contributed by atoms with Gasteiger partial charge in [0.05, 0.1) is 0 Å². The molecule has 0 aromatic heterocycles. The van der Waals surface area contributed by atoms with Crippen molar-refractivity contribution in [3.63, 3.8) is 0 Å². The van der Waals surface area contributed by atoms with Crippen molar-refractivity contribution in [3.8, 4) is 0 Å². The van der Waals surface area contributed by atoms with E-state index in [0.717, 1.165) is 23.2 Å². The zero-order chi connectivity index (χ0) is 11.8. The minimum atomic E-state index is 0.0696. The number of nitrogens with one attached hydrogen (secondary N) is 1. The number of hydrogen-bond acceptors (Lipinski definition) is 3. The maximum absolute atomic E-state index is 4.50. The van der Waals surface area contributed by atoms with Crippen molar-refractivity contribution < 1.29 is 0 Å². The molecule has 1 aromatic carbocycles. The van der Waals surface area contributed by atoms with Crippen molar-refractivity contribution >= 4 is 31.6 Å². The molecular formula is C13H17N3Se. The van der Waals surface area contributed by atoms with Crippen LogP contribution in [0.5, 0.6) is 0 Å². The van der Waals surface area contributed by atoms with E-state index < -0.39 is 0 Å². The standard InChI is InChI=1S/C13H17N3Se/c1-8(2)9-6-10(7-9)14-11-4-3-5-12-13(11)16-17-15-12/h3-5,8-10,14H,6-7H2,1-2H3. The third kappa shape index (κ3) is 2.12. The monoisotopic (exact) mass is 295 g/mol. The van der Waals surface area contributed by atoms with Crippen molar-refractivity contribution in [2.24, 2.45) is 19.8 Å². The molecule has 1 fully saturated rings. The van der Waals surface area contributed by atoms with E-state index in [1.165, 1.54) is 18.5 Å². The van der Waals surface area contributed by atoms with Crippen LogP contribution in [-0.2, 0) is 0 Å². The van der Waals surface area contributed by atoms with Crippen LogP contribution in [0.4, 0.5) is 17.1 Å². The van der Waals surface area contributed by atoms with Gasteiger partial charge in [0.25, 0.3) is 0 Å². The Hall–Kier alpha value is -0.861. The van der Waals surface area contributed by atoms with E-state index in [-0.39, 0.29) is 14.6 Å². The van der Waals surface area contributed by atoms with Crippen molar-refractivity contribution in [3.05, 3.63) is 18.2 Å². The molecule has 1 aliphatic carbocycles. The molecule has 1 aromatic rings. The van der Waals surface area contributed by atoms with Gasteiger partial charge < -0.3 is 0 Å². The van der Waals surface area contributed by atoms with E-state index in [1.54, 1.807) is 0 Å².